The third-order valence-electron chi connectivity index (χ3n) is 5.35. The van der Waals surface area contributed by atoms with Crippen molar-refractivity contribution in [3.05, 3.63) is 24.0 Å². The lowest BCUT2D eigenvalue weighted by atomic mass is 9.95. The molecule has 0 atom stereocenters. The molecule has 2 aromatic rings. The molecular formula is C19H30N2O2Si. The molecule has 0 radical (unpaired) electrons. The van der Waals surface area contributed by atoms with E-state index in [2.05, 4.69) is 38.8 Å². The number of pyridine rings is 1. The maximum atomic E-state index is 13.3. The highest BCUT2D eigenvalue weighted by Crippen LogP contribution is 2.38. The minimum Gasteiger partial charge on any atom is -0.392 e. The van der Waals surface area contributed by atoms with E-state index in [4.69, 9.17) is 0 Å². The van der Waals surface area contributed by atoms with Crippen LogP contribution in [0.4, 0.5) is 0 Å². The maximum absolute atomic E-state index is 13.3. The first kappa shape index (κ1) is 18.9. The van der Waals surface area contributed by atoms with Crippen LogP contribution in [0.3, 0.4) is 0 Å². The van der Waals surface area contributed by atoms with Gasteiger partial charge in [0.15, 0.2) is 0 Å². The highest BCUT2D eigenvalue weighted by Gasteiger charge is 2.43. The van der Waals surface area contributed by atoms with Gasteiger partial charge < -0.3 is 5.11 Å². The molecule has 0 fully saturated rings. The predicted molar refractivity (Wildman–Crippen MR) is 103 cm³/mol. The van der Waals surface area contributed by atoms with Gasteiger partial charge in [0.25, 0.3) is 0 Å². The summed E-state index contributed by atoms with van der Waals surface area (Å²) < 4.78 is 1.85. The summed E-state index contributed by atoms with van der Waals surface area (Å²) in [6.45, 7) is 17.0. The SMILES string of the molecule is CC(C)(C)C(=O)n1c([Si](C)(C)C(C)(C)C)c(CO)c2ccncc21. The Bertz CT molecular complexity index is 777. The molecular weight excluding hydrogens is 316 g/mol. The van der Waals surface area contributed by atoms with Crippen molar-refractivity contribution in [3.8, 4) is 0 Å². The van der Waals surface area contributed by atoms with Gasteiger partial charge in [-0.15, -0.1) is 0 Å². The van der Waals surface area contributed by atoms with Crippen LogP contribution in [-0.4, -0.2) is 28.6 Å². The summed E-state index contributed by atoms with van der Waals surface area (Å²) in [5.74, 6) is 0.0556. The van der Waals surface area contributed by atoms with Crippen molar-refractivity contribution in [1.29, 1.82) is 0 Å². The fourth-order valence-electron chi connectivity index (χ4n) is 2.92. The number of fused-ring (bicyclic) bond motifs is 1. The fraction of sp³-hybridized carbons (Fsp3) is 0.579. The van der Waals surface area contributed by atoms with Gasteiger partial charge in [0, 0.05) is 27.9 Å². The second-order valence-electron chi connectivity index (χ2n) is 9.14. The number of aliphatic hydroxyl groups excluding tert-OH is 1. The van der Waals surface area contributed by atoms with Crippen LogP contribution < -0.4 is 5.32 Å². The lowest BCUT2D eigenvalue weighted by Gasteiger charge is -2.39. The summed E-state index contributed by atoms with van der Waals surface area (Å²) >= 11 is 0. The maximum Gasteiger partial charge on any atom is 0.236 e. The molecule has 0 spiro atoms. The number of carbonyl (C=O) groups is 1. The number of aliphatic hydroxyl groups is 1. The number of hydrogen-bond donors (Lipinski definition) is 1. The highest BCUT2D eigenvalue weighted by atomic mass is 28.3. The molecule has 0 aromatic carbocycles. The summed E-state index contributed by atoms with van der Waals surface area (Å²) in [6.07, 6.45) is 3.47. The van der Waals surface area contributed by atoms with Crippen molar-refractivity contribution in [2.24, 2.45) is 5.41 Å². The Labute approximate surface area is 145 Å². The van der Waals surface area contributed by atoms with E-state index in [0.717, 1.165) is 21.8 Å². The molecule has 0 amide bonds. The molecule has 24 heavy (non-hydrogen) atoms. The average Bonchev–Trinajstić information content (AvgIpc) is 2.78. The van der Waals surface area contributed by atoms with Crippen LogP contribution in [0.2, 0.25) is 18.1 Å². The van der Waals surface area contributed by atoms with Crippen molar-refractivity contribution < 1.29 is 9.90 Å². The molecule has 132 valence electrons. The first-order chi connectivity index (χ1) is 10.8. The largest absolute Gasteiger partial charge is 0.392 e. The Hall–Kier alpha value is -1.46. The molecule has 0 saturated heterocycles. The Morgan fingerprint density at radius 3 is 2.25 bits per heavy atom. The summed E-state index contributed by atoms with van der Waals surface area (Å²) in [5, 5.41) is 12.1. The van der Waals surface area contributed by atoms with E-state index >= 15 is 0 Å². The molecule has 0 aliphatic rings. The number of rotatable bonds is 2. The van der Waals surface area contributed by atoms with Crippen molar-refractivity contribution in [1.82, 2.24) is 9.55 Å². The van der Waals surface area contributed by atoms with E-state index in [-0.39, 0.29) is 17.6 Å². The third kappa shape index (κ3) is 2.84. The van der Waals surface area contributed by atoms with E-state index < -0.39 is 13.5 Å². The van der Waals surface area contributed by atoms with Crippen LogP contribution in [0.25, 0.3) is 10.9 Å². The van der Waals surface area contributed by atoms with Crippen LogP contribution in [0.5, 0.6) is 0 Å². The number of hydrogen-bond acceptors (Lipinski definition) is 3. The standard InChI is InChI=1S/C19H30N2O2Si/c1-18(2,3)17(23)21-15-11-20-10-9-13(15)14(12-22)16(21)24(7,8)19(4,5)6/h9-11,22H,12H2,1-8H3. The van der Waals surface area contributed by atoms with Crippen molar-refractivity contribution >= 4 is 30.2 Å². The molecule has 5 heteroatoms. The molecule has 0 aliphatic heterocycles. The van der Waals surface area contributed by atoms with Gasteiger partial charge in [-0.2, -0.15) is 0 Å². The Morgan fingerprint density at radius 1 is 1.21 bits per heavy atom. The topological polar surface area (TPSA) is 55.1 Å². The quantitative estimate of drug-likeness (QED) is 0.838. The van der Waals surface area contributed by atoms with Crippen molar-refractivity contribution in [2.45, 2.75) is 66.3 Å². The fourth-order valence-corrected chi connectivity index (χ4v) is 5.38. The van der Waals surface area contributed by atoms with Crippen LogP contribution >= 0.6 is 0 Å². The van der Waals surface area contributed by atoms with Crippen LogP contribution in [0.1, 0.15) is 51.9 Å². The van der Waals surface area contributed by atoms with Gasteiger partial charge in [-0.05, 0) is 11.1 Å². The Morgan fingerprint density at radius 2 is 1.79 bits per heavy atom. The molecule has 2 rings (SSSR count). The van der Waals surface area contributed by atoms with Gasteiger partial charge >= 0.3 is 0 Å². The first-order valence-electron chi connectivity index (χ1n) is 8.47. The van der Waals surface area contributed by atoms with Crippen molar-refractivity contribution in [3.63, 3.8) is 0 Å². The van der Waals surface area contributed by atoms with Gasteiger partial charge in [0.2, 0.25) is 5.91 Å². The minimum atomic E-state index is -2.06. The Balaban J connectivity index is 2.99. The zero-order valence-corrected chi connectivity index (χ0v) is 17.2. The van der Waals surface area contributed by atoms with E-state index in [9.17, 15) is 9.90 Å². The van der Waals surface area contributed by atoms with Crippen LogP contribution in [0, 0.1) is 5.41 Å². The lowest BCUT2D eigenvalue weighted by Crippen LogP contribution is -2.56. The Kier molecular flexibility index (Phi) is 4.57. The van der Waals surface area contributed by atoms with Gasteiger partial charge in [-0.1, -0.05) is 54.6 Å². The normalized spacial score (nSPS) is 13.5. The molecule has 0 bridgehead atoms. The van der Waals surface area contributed by atoms with Gasteiger partial charge in [-0.3, -0.25) is 14.3 Å². The molecule has 0 aliphatic carbocycles. The summed E-state index contributed by atoms with van der Waals surface area (Å²) in [4.78, 5) is 17.5. The third-order valence-corrected chi connectivity index (χ3v) is 10.8. The molecule has 0 saturated carbocycles. The van der Waals surface area contributed by atoms with E-state index in [1.54, 1.807) is 12.4 Å². The smallest absolute Gasteiger partial charge is 0.236 e. The zero-order valence-electron chi connectivity index (χ0n) is 16.2. The summed E-state index contributed by atoms with van der Waals surface area (Å²) in [6, 6.07) is 1.91. The molecule has 2 heterocycles. The second kappa shape index (κ2) is 5.81. The number of aromatic nitrogens is 2. The monoisotopic (exact) mass is 346 g/mol. The zero-order chi connectivity index (χ0) is 18.5. The van der Waals surface area contributed by atoms with E-state index in [1.807, 2.05) is 31.4 Å². The predicted octanol–water partition coefficient (Wildman–Crippen LogP) is 3.93. The van der Waals surface area contributed by atoms with E-state index in [1.165, 1.54) is 0 Å². The molecule has 1 N–H and O–H groups in total. The minimum absolute atomic E-state index is 0.0502. The van der Waals surface area contributed by atoms with Crippen LogP contribution in [-0.2, 0) is 6.61 Å². The number of nitrogens with zero attached hydrogens (tertiary/aromatic N) is 2. The average molecular weight is 347 g/mol. The van der Waals surface area contributed by atoms with Gasteiger partial charge in [0.1, 0.15) is 8.07 Å². The van der Waals surface area contributed by atoms with Gasteiger partial charge in [0.05, 0.1) is 18.3 Å². The van der Waals surface area contributed by atoms with Crippen molar-refractivity contribution in [2.75, 3.05) is 0 Å². The molecule has 2 aromatic heterocycles. The van der Waals surface area contributed by atoms with Crippen LogP contribution in [0.15, 0.2) is 18.5 Å². The van der Waals surface area contributed by atoms with E-state index in [0.29, 0.717) is 0 Å². The first-order valence-corrected chi connectivity index (χ1v) is 11.5. The number of carbonyl (C=O) groups excluding carboxylic acids is 1. The van der Waals surface area contributed by atoms with Gasteiger partial charge in [-0.25, -0.2) is 0 Å². The second-order valence-corrected chi connectivity index (χ2v) is 14.4. The summed E-state index contributed by atoms with van der Waals surface area (Å²) in [7, 11) is -2.06. The molecule has 4 nitrogen and oxygen atoms in total. The lowest BCUT2D eigenvalue weighted by molar-refractivity contribution is 0.0776. The summed E-state index contributed by atoms with van der Waals surface area (Å²) in [5.41, 5.74) is 1.18. The highest BCUT2D eigenvalue weighted by molar-refractivity contribution is 6.92. The molecule has 0 unspecified atom stereocenters.